The Morgan fingerprint density at radius 1 is 1.20 bits per heavy atom. The normalized spacial score (nSPS) is 13.0. The molecule has 1 aliphatic rings. The monoisotopic (exact) mass is 407 g/mol. The smallest absolute Gasteiger partial charge is 0.259 e. The Morgan fingerprint density at radius 3 is 2.53 bits per heavy atom. The van der Waals surface area contributed by atoms with Crippen LogP contribution in [0.5, 0.6) is 0 Å². The van der Waals surface area contributed by atoms with Gasteiger partial charge in [-0.25, -0.2) is 0 Å². The van der Waals surface area contributed by atoms with E-state index in [1.807, 2.05) is 37.3 Å². The van der Waals surface area contributed by atoms with Gasteiger partial charge in [0.15, 0.2) is 0 Å². The van der Waals surface area contributed by atoms with Crippen molar-refractivity contribution in [3.05, 3.63) is 82.3 Å². The van der Waals surface area contributed by atoms with Gasteiger partial charge >= 0.3 is 0 Å². The van der Waals surface area contributed by atoms with Crippen molar-refractivity contribution in [3.63, 3.8) is 0 Å². The second kappa shape index (κ2) is 10.1. The lowest BCUT2D eigenvalue weighted by Crippen LogP contribution is -2.39. The Hall–Kier alpha value is -3.15. The summed E-state index contributed by atoms with van der Waals surface area (Å²) in [5, 5.41) is 2.65. The lowest BCUT2D eigenvalue weighted by Gasteiger charge is -2.22. The molecule has 1 heterocycles. The lowest BCUT2D eigenvalue weighted by atomic mass is 10.1. The van der Waals surface area contributed by atoms with Gasteiger partial charge in [-0.05, 0) is 30.7 Å². The van der Waals surface area contributed by atoms with E-state index < -0.39 is 11.3 Å². The third-order valence-electron chi connectivity index (χ3n) is 5.13. The summed E-state index contributed by atoms with van der Waals surface area (Å²) in [5.74, 6) is -0.277. The van der Waals surface area contributed by atoms with Crippen molar-refractivity contribution in [1.82, 2.24) is 14.8 Å². The van der Waals surface area contributed by atoms with Gasteiger partial charge in [0.05, 0.1) is 0 Å². The molecule has 0 spiro atoms. The fourth-order valence-electron chi connectivity index (χ4n) is 3.42. The number of carbonyl (C=O) groups excluding carboxylic acids is 2. The number of benzene rings is 1. The maximum atomic E-state index is 13.3. The van der Waals surface area contributed by atoms with Crippen molar-refractivity contribution in [2.75, 3.05) is 19.6 Å². The molecule has 1 N–H and O–H groups in total. The first-order chi connectivity index (χ1) is 14.5. The van der Waals surface area contributed by atoms with Gasteiger partial charge in [-0.1, -0.05) is 43.3 Å². The Balaban J connectivity index is 1.99. The van der Waals surface area contributed by atoms with Crippen LogP contribution < -0.4 is 10.7 Å². The zero-order valence-corrected chi connectivity index (χ0v) is 17.5. The predicted octanol–water partition coefficient (Wildman–Crippen LogP) is 3.07. The zero-order valence-electron chi connectivity index (χ0n) is 17.5. The molecule has 0 unspecified atom stereocenters. The number of pyridine rings is 1. The van der Waals surface area contributed by atoms with Gasteiger partial charge in [-0.15, -0.1) is 6.58 Å². The van der Waals surface area contributed by atoms with E-state index >= 15 is 0 Å². The van der Waals surface area contributed by atoms with E-state index in [0.29, 0.717) is 25.6 Å². The Morgan fingerprint density at radius 2 is 1.90 bits per heavy atom. The summed E-state index contributed by atoms with van der Waals surface area (Å²) >= 11 is 0. The average molecular weight is 408 g/mol. The number of nitrogens with one attached hydrogen (secondary N) is 1. The summed E-state index contributed by atoms with van der Waals surface area (Å²) in [6.07, 6.45) is 7.71. The van der Waals surface area contributed by atoms with Crippen molar-refractivity contribution in [3.8, 4) is 0 Å². The first-order valence-electron chi connectivity index (χ1n) is 10.5. The molecule has 0 bridgehead atoms. The maximum absolute atomic E-state index is 13.3. The van der Waals surface area contributed by atoms with Gasteiger partial charge in [0.1, 0.15) is 11.1 Å². The summed E-state index contributed by atoms with van der Waals surface area (Å²) in [6.45, 7) is 7.57. The molecule has 0 aliphatic heterocycles. The van der Waals surface area contributed by atoms with Crippen molar-refractivity contribution in [2.24, 2.45) is 5.92 Å². The number of carbonyl (C=O) groups is 2. The van der Waals surface area contributed by atoms with Crippen LogP contribution in [0, 0.1) is 5.92 Å². The van der Waals surface area contributed by atoms with E-state index in [2.05, 4.69) is 11.9 Å². The molecule has 1 aromatic heterocycles. The molecule has 6 heteroatoms. The molecular weight excluding hydrogens is 378 g/mol. The second-order valence-electron chi connectivity index (χ2n) is 7.77. The van der Waals surface area contributed by atoms with Crippen LogP contribution in [-0.2, 0) is 6.54 Å². The second-order valence-corrected chi connectivity index (χ2v) is 7.77. The minimum Gasteiger partial charge on any atom is -0.348 e. The van der Waals surface area contributed by atoms with Crippen molar-refractivity contribution >= 4 is 11.8 Å². The molecule has 30 heavy (non-hydrogen) atoms. The van der Waals surface area contributed by atoms with E-state index in [-0.39, 0.29) is 23.6 Å². The quantitative estimate of drug-likeness (QED) is 0.615. The Bertz CT molecular complexity index is 961. The highest BCUT2D eigenvalue weighted by molar-refractivity contribution is 5.99. The molecular formula is C24H29N3O3. The lowest BCUT2D eigenvalue weighted by molar-refractivity contribution is 0.0745. The van der Waals surface area contributed by atoms with Crippen LogP contribution in [0.25, 0.3) is 0 Å². The predicted molar refractivity (Wildman–Crippen MR) is 118 cm³/mol. The van der Waals surface area contributed by atoms with Gasteiger partial charge in [0.2, 0.25) is 5.43 Å². The van der Waals surface area contributed by atoms with Gasteiger partial charge in [0.25, 0.3) is 11.8 Å². The topological polar surface area (TPSA) is 71.4 Å². The average Bonchev–Trinajstić information content (AvgIpc) is 3.57. The molecule has 6 nitrogen and oxygen atoms in total. The van der Waals surface area contributed by atoms with Crippen LogP contribution >= 0.6 is 0 Å². The summed E-state index contributed by atoms with van der Waals surface area (Å²) in [6, 6.07) is 9.72. The third-order valence-corrected chi connectivity index (χ3v) is 5.13. The first kappa shape index (κ1) is 21.6. The van der Waals surface area contributed by atoms with Crippen LogP contribution in [-0.4, -0.2) is 40.9 Å². The molecule has 158 valence electrons. The minimum atomic E-state index is -0.525. The number of nitrogens with zero attached hydrogens (tertiary/aromatic N) is 2. The fourth-order valence-corrected chi connectivity index (χ4v) is 3.42. The number of rotatable bonds is 10. The molecule has 3 rings (SSSR count). The first-order valence-corrected chi connectivity index (χ1v) is 10.5. The molecule has 2 amide bonds. The fraction of sp³-hybridized carbons (Fsp3) is 0.375. The minimum absolute atomic E-state index is 0.0264. The van der Waals surface area contributed by atoms with E-state index in [1.165, 1.54) is 6.20 Å². The van der Waals surface area contributed by atoms with Gasteiger partial charge in [0, 0.05) is 38.6 Å². The molecule has 1 fully saturated rings. The number of hydrogen-bond donors (Lipinski definition) is 1. The van der Waals surface area contributed by atoms with Crippen molar-refractivity contribution in [1.29, 1.82) is 0 Å². The van der Waals surface area contributed by atoms with Crippen LogP contribution in [0.3, 0.4) is 0 Å². The molecule has 0 saturated heterocycles. The molecule has 1 aliphatic carbocycles. The highest BCUT2D eigenvalue weighted by Crippen LogP contribution is 2.30. The standard InChI is InChI=1S/C24H29N3O3/c1-3-12-25-23(29)20-16-26(14-18-8-6-5-7-9-18)17-21(22(20)28)24(30)27(13-4-2)15-19-10-11-19/h3,5-9,16-17,19H,1,4,10-15H2,2H3,(H,25,29). The molecule has 1 aromatic carbocycles. The largest absolute Gasteiger partial charge is 0.348 e. The van der Waals surface area contributed by atoms with Crippen LogP contribution in [0.4, 0.5) is 0 Å². The van der Waals surface area contributed by atoms with Crippen molar-refractivity contribution < 1.29 is 9.59 Å². The van der Waals surface area contributed by atoms with Crippen LogP contribution in [0.1, 0.15) is 52.5 Å². The molecule has 0 radical (unpaired) electrons. The summed E-state index contributed by atoms with van der Waals surface area (Å²) in [5.41, 5.74) is 0.510. The molecule has 2 aromatic rings. The van der Waals surface area contributed by atoms with E-state index in [9.17, 15) is 14.4 Å². The molecule has 1 saturated carbocycles. The number of hydrogen-bond acceptors (Lipinski definition) is 3. The summed E-state index contributed by atoms with van der Waals surface area (Å²) < 4.78 is 1.74. The van der Waals surface area contributed by atoms with E-state index in [0.717, 1.165) is 24.8 Å². The molecule has 0 atom stereocenters. The number of aromatic nitrogens is 1. The van der Waals surface area contributed by atoms with Crippen LogP contribution in [0.2, 0.25) is 0 Å². The highest BCUT2D eigenvalue weighted by atomic mass is 16.2. The van der Waals surface area contributed by atoms with E-state index in [4.69, 9.17) is 0 Å². The van der Waals surface area contributed by atoms with Crippen LogP contribution in [0.15, 0.2) is 60.2 Å². The maximum Gasteiger partial charge on any atom is 0.259 e. The van der Waals surface area contributed by atoms with Gasteiger partial charge in [-0.2, -0.15) is 0 Å². The third kappa shape index (κ3) is 5.47. The van der Waals surface area contributed by atoms with Gasteiger partial charge < -0.3 is 14.8 Å². The van der Waals surface area contributed by atoms with Gasteiger partial charge in [-0.3, -0.25) is 14.4 Å². The Labute approximate surface area is 177 Å². The summed E-state index contributed by atoms with van der Waals surface area (Å²) in [4.78, 5) is 40.7. The number of amides is 2. The SMILES string of the molecule is C=CCNC(=O)c1cn(Cc2ccccc2)cc(C(=O)N(CCC)CC2CC2)c1=O. The van der Waals surface area contributed by atoms with Crippen molar-refractivity contribution in [2.45, 2.75) is 32.7 Å². The highest BCUT2D eigenvalue weighted by Gasteiger charge is 2.29. The Kier molecular flexibility index (Phi) is 7.22. The zero-order chi connectivity index (χ0) is 21.5. The van der Waals surface area contributed by atoms with E-state index in [1.54, 1.807) is 21.7 Å². The summed E-state index contributed by atoms with van der Waals surface area (Å²) in [7, 11) is 0.